The van der Waals surface area contributed by atoms with Gasteiger partial charge in [-0.05, 0) is 37.8 Å². The molecular weight excluding hydrogens is 378 g/mol. The lowest BCUT2D eigenvalue weighted by Crippen LogP contribution is -2.54. The van der Waals surface area contributed by atoms with E-state index in [9.17, 15) is 9.59 Å². The number of benzene rings is 2. The fraction of sp³-hybridized carbons (Fsp3) is 0.304. The number of hydrogen-bond acceptors (Lipinski definition) is 5. The summed E-state index contributed by atoms with van der Waals surface area (Å²) in [5.41, 5.74) is 1.06. The van der Waals surface area contributed by atoms with Crippen molar-refractivity contribution in [3.05, 3.63) is 54.6 Å². The SMILES string of the molecule is C[C@]1(C2CCN(c3nc(-c4ccccc4)nc4ccccc34)CC2)NC(=O)NC1=O. The first-order valence-electron chi connectivity index (χ1n) is 10.3. The lowest BCUT2D eigenvalue weighted by molar-refractivity contribution is -0.125. The largest absolute Gasteiger partial charge is 0.356 e. The first-order valence-corrected chi connectivity index (χ1v) is 10.3. The van der Waals surface area contributed by atoms with Crippen LogP contribution < -0.4 is 15.5 Å². The molecule has 1 aromatic heterocycles. The number of carbonyl (C=O) groups is 2. The number of hydrogen-bond donors (Lipinski definition) is 2. The number of aromatic nitrogens is 2. The van der Waals surface area contributed by atoms with E-state index in [1.807, 2.05) is 55.5 Å². The fourth-order valence-corrected chi connectivity index (χ4v) is 4.53. The second-order valence-electron chi connectivity index (χ2n) is 8.13. The summed E-state index contributed by atoms with van der Waals surface area (Å²) in [7, 11) is 0. The van der Waals surface area contributed by atoms with Gasteiger partial charge in [-0.1, -0.05) is 42.5 Å². The molecule has 0 radical (unpaired) electrons. The Kier molecular flexibility index (Phi) is 4.38. The number of imide groups is 1. The Morgan fingerprint density at radius 2 is 1.67 bits per heavy atom. The van der Waals surface area contributed by atoms with Crippen LogP contribution in [-0.4, -0.2) is 40.5 Å². The van der Waals surface area contributed by atoms with Crippen LogP contribution in [0, 0.1) is 5.92 Å². The van der Waals surface area contributed by atoms with E-state index in [2.05, 4.69) is 21.6 Å². The molecule has 2 saturated heterocycles. The van der Waals surface area contributed by atoms with E-state index in [0.29, 0.717) is 5.82 Å². The molecule has 2 aliphatic rings. The van der Waals surface area contributed by atoms with E-state index in [1.54, 1.807) is 0 Å². The van der Waals surface area contributed by atoms with Crippen LogP contribution in [0.1, 0.15) is 19.8 Å². The molecule has 152 valence electrons. The van der Waals surface area contributed by atoms with Gasteiger partial charge in [0.1, 0.15) is 11.4 Å². The van der Waals surface area contributed by atoms with E-state index >= 15 is 0 Å². The van der Waals surface area contributed by atoms with Crippen molar-refractivity contribution < 1.29 is 9.59 Å². The van der Waals surface area contributed by atoms with Crippen molar-refractivity contribution in [1.82, 2.24) is 20.6 Å². The zero-order chi connectivity index (χ0) is 20.7. The molecule has 3 aromatic rings. The minimum absolute atomic E-state index is 0.0851. The van der Waals surface area contributed by atoms with Crippen LogP contribution in [0.2, 0.25) is 0 Å². The number of nitrogens with one attached hydrogen (secondary N) is 2. The van der Waals surface area contributed by atoms with Crippen LogP contribution in [0.15, 0.2) is 54.6 Å². The molecule has 3 amide bonds. The van der Waals surface area contributed by atoms with E-state index in [4.69, 9.17) is 9.97 Å². The number of fused-ring (bicyclic) bond motifs is 1. The lowest BCUT2D eigenvalue weighted by atomic mass is 9.79. The summed E-state index contributed by atoms with van der Waals surface area (Å²) in [4.78, 5) is 35.9. The number of carbonyl (C=O) groups excluding carboxylic acids is 2. The second-order valence-corrected chi connectivity index (χ2v) is 8.13. The minimum atomic E-state index is -0.841. The van der Waals surface area contributed by atoms with Gasteiger partial charge in [-0.25, -0.2) is 14.8 Å². The van der Waals surface area contributed by atoms with Crippen molar-refractivity contribution in [1.29, 1.82) is 0 Å². The van der Waals surface area contributed by atoms with Crippen molar-refractivity contribution in [2.75, 3.05) is 18.0 Å². The highest BCUT2D eigenvalue weighted by Gasteiger charge is 2.48. The normalized spacial score (nSPS) is 22.2. The highest BCUT2D eigenvalue weighted by Crippen LogP contribution is 2.34. The molecule has 0 bridgehead atoms. The van der Waals surface area contributed by atoms with Crippen LogP contribution >= 0.6 is 0 Å². The van der Waals surface area contributed by atoms with Gasteiger partial charge in [0.15, 0.2) is 5.82 Å². The van der Waals surface area contributed by atoms with Gasteiger partial charge in [-0.2, -0.15) is 0 Å². The van der Waals surface area contributed by atoms with E-state index in [0.717, 1.165) is 48.2 Å². The molecule has 1 atom stereocenters. The summed E-state index contributed by atoms with van der Waals surface area (Å²) >= 11 is 0. The molecular formula is C23H23N5O2. The molecule has 2 aliphatic heterocycles. The smallest absolute Gasteiger partial charge is 0.322 e. The Morgan fingerprint density at radius 3 is 2.37 bits per heavy atom. The number of amides is 3. The molecule has 2 fully saturated rings. The highest BCUT2D eigenvalue weighted by atomic mass is 16.2. The average Bonchev–Trinajstić information content (AvgIpc) is 3.06. The lowest BCUT2D eigenvalue weighted by Gasteiger charge is -2.39. The number of anilines is 1. The van der Waals surface area contributed by atoms with Gasteiger partial charge in [-0.3, -0.25) is 10.1 Å². The summed E-state index contributed by atoms with van der Waals surface area (Å²) < 4.78 is 0. The maximum atomic E-state index is 12.3. The predicted octanol–water partition coefficient (Wildman–Crippen LogP) is 3.11. The van der Waals surface area contributed by atoms with Crippen LogP contribution in [0.3, 0.4) is 0 Å². The first-order chi connectivity index (χ1) is 14.5. The zero-order valence-electron chi connectivity index (χ0n) is 16.8. The van der Waals surface area contributed by atoms with Gasteiger partial charge in [0.25, 0.3) is 5.91 Å². The monoisotopic (exact) mass is 401 g/mol. The number of piperidine rings is 1. The molecule has 3 heterocycles. The van der Waals surface area contributed by atoms with Crippen molar-refractivity contribution in [2.24, 2.45) is 5.92 Å². The summed E-state index contributed by atoms with van der Waals surface area (Å²) in [6.45, 7) is 3.35. The first kappa shape index (κ1) is 18.5. The quantitative estimate of drug-likeness (QED) is 0.659. The average molecular weight is 401 g/mol. The predicted molar refractivity (Wildman–Crippen MR) is 115 cm³/mol. The maximum Gasteiger partial charge on any atom is 0.322 e. The molecule has 0 spiro atoms. The summed E-state index contributed by atoms with van der Waals surface area (Å²) in [5, 5.41) is 6.22. The molecule has 0 unspecified atom stereocenters. The molecule has 2 N–H and O–H groups in total. The second kappa shape index (κ2) is 7.09. The molecule has 7 heteroatoms. The Hall–Kier alpha value is -3.48. The third-order valence-corrected chi connectivity index (χ3v) is 6.30. The standard InChI is InChI=1S/C23H23N5O2/c1-23(21(29)26-22(30)27-23)16-11-13-28(14-12-16)20-17-9-5-6-10-18(17)24-19(25-20)15-7-3-2-4-8-15/h2-10,16H,11-14H2,1H3,(H2,26,27,29,30)/t23-/m1/s1. The number of rotatable bonds is 3. The van der Waals surface area contributed by atoms with Crippen LogP contribution in [-0.2, 0) is 4.79 Å². The van der Waals surface area contributed by atoms with Gasteiger partial charge in [0.05, 0.1) is 5.52 Å². The Labute approximate surface area is 174 Å². The zero-order valence-corrected chi connectivity index (χ0v) is 16.8. The van der Waals surface area contributed by atoms with Crippen LogP contribution in [0.25, 0.3) is 22.3 Å². The summed E-state index contributed by atoms with van der Waals surface area (Å²) in [5.74, 6) is 1.48. The molecule has 0 saturated carbocycles. The van der Waals surface area contributed by atoms with Crippen molar-refractivity contribution in [3.8, 4) is 11.4 Å². The van der Waals surface area contributed by atoms with Crippen molar-refractivity contribution in [3.63, 3.8) is 0 Å². The highest BCUT2D eigenvalue weighted by molar-refractivity contribution is 6.07. The molecule has 5 rings (SSSR count). The number of nitrogens with zero attached hydrogens (tertiary/aromatic N) is 3. The van der Waals surface area contributed by atoms with Gasteiger partial charge in [0, 0.05) is 24.0 Å². The van der Waals surface area contributed by atoms with Gasteiger partial charge < -0.3 is 10.2 Å². The maximum absolute atomic E-state index is 12.3. The third-order valence-electron chi connectivity index (χ3n) is 6.30. The number of para-hydroxylation sites is 1. The van der Waals surface area contributed by atoms with Crippen molar-refractivity contribution >= 4 is 28.7 Å². The summed E-state index contributed by atoms with van der Waals surface area (Å²) in [6.07, 6.45) is 1.59. The third kappa shape index (κ3) is 3.07. The van der Waals surface area contributed by atoms with E-state index < -0.39 is 11.6 Å². The summed E-state index contributed by atoms with van der Waals surface area (Å²) in [6, 6.07) is 17.6. The van der Waals surface area contributed by atoms with E-state index in [-0.39, 0.29) is 11.8 Å². The molecule has 30 heavy (non-hydrogen) atoms. The molecule has 0 aliphatic carbocycles. The van der Waals surface area contributed by atoms with Gasteiger partial charge in [-0.15, -0.1) is 0 Å². The Balaban J connectivity index is 1.46. The van der Waals surface area contributed by atoms with Crippen molar-refractivity contribution in [2.45, 2.75) is 25.3 Å². The Morgan fingerprint density at radius 1 is 0.967 bits per heavy atom. The Bertz CT molecular complexity index is 1120. The topological polar surface area (TPSA) is 87.2 Å². The fourth-order valence-electron chi connectivity index (χ4n) is 4.53. The molecule has 2 aromatic carbocycles. The molecule has 7 nitrogen and oxygen atoms in total. The van der Waals surface area contributed by atoms with Gasteiger partial charge in [0.2, 0.25) is 0 Å². The van der Waals surface area contributed by atoms with Gasteiger partial charge >= 0.3 is 6.03 Å². The van der Waals surface area contributed by atoms with Crippen LogP contribution in [0.5, 0.6) is 0 Å². The minimum Gasteiger partial charge on any atom is -0.356 e. The van der Waals surface area contributed by atoms with E-state index in [1.165, 1.54) is 0 Å². The number of urea groups is 1. The van der Waals surface area contributed by atoms with Crippen LogP contribution in [0.4, 0.5) is 10.6 Å².